The summed E-state index contributed by atoms with van der Waals surface area (Å²) in [6.07, 6.45) is 3.14. The van der Waals surface area contributed by atoms with Gasteiger partial charge < -0.3 is 5.73 Å². The standard InChI is InChI=1S/C13H21NO2S/c1-10(8-11(2)14)9-12-4-6-13(7-5-12)17(3,15)16/h4-7,10-11H,8-9,14H2,1-3H3. The molecule has 0 amide bonds. The summed E-state index contributed by atoms with van der Waals surface area (Å²) >= 11 is 0. The van der Waals surface area contributed by atoms with Crippen LogP contribution in [-0.4, -0.2) is 20.7 Å². The summed E-state index contributed by atoms with van der Waals surface area (Å²) in [5.41, 5.74) is 6.91. The van der Waals surface area contributed by atoms with Crippen molar-refractivity contribution in [3.63, 3.8) is 0 Å². The fourth-order valence-electron chi connectivity index (χ4n) is 1.99. The van der Waals surface area contributed by atoms with Gasteiger partial charge in [-0.3, -0.25) is 0 Å². The first-order valence-electron chi connectivity index (χ1n) is 5.83. The molecule has 0 saturated heterocycles. The Bertz CT molecular complexity index is 449. The summed E-state index contributed by atoms with van der Waals surface area (Å²) < 4.78 is 22.6. The minimum atomic E-state index is -3.09. The van der Waals surface area contributed by atoms with Crippen molar-refractivity contribution in [2.75, 3.05) is 6.26 Å². The Balaban J connectivity index is 2.69. The second-order valence-electron chi connectivity index (χ2n) is 4.94. The van der Waals surface area contributed by atoms with Crippen molar-refractivity contribution >= 4 is 9.84 Å². The molecule has 3 nitrogen and oxygen atoms in total. The molecule has 2 atom stereocenters. The zero-order chi connectivity index (χ0) is 13.1. The number of sulfone groups is 1. The van der Waals surface area contributed by atoms with Crippen molar-refractivity contribution < 1.29 is 8.42 Å². The molecule has 96 valence electrons. The highest BCUT2D eigenvalue weighted by atomic mass is 32.2. The quantitative estimate of drug-likeness (QED) is 0.875. The second-order valence-corrected chi connectivity index (χ2v) is 6.95. The minimum absolute atomic E-state index is 0.209. The maximum atomic E-state index is 11.3. The van der Waals surface area contributed by atoms with Crippen LogP contribution in [0, 0.1) is 5.92 Å². The van der Waals surface area contributed by atoms with Crippen LogP contribution in [0.1, 0.15) is 25.8 Å². The molecule has 0 radical (unpaired) electrons. The van der Waals surface area contributed by atoms with Gasteiger partial charge in [-0.15, -0.1) is 0 Å². The predicted molar refractivity (Wildman–Crippen MR) is 70.7 cm³/mol. The third kappa shape index (κ3) is 4.88. The van der Waals surface area contributed by atoms with Crippen LogP contribution in [0.3, 0.4) is 0 Å². The smallest absolute Gasteiger partial charge is 0.175 e. The molecule has 0 aromatic heterocycles. The van der Waals surface area contributed by atoms with Crippen LogP contribution in [-0.2, 0) is 16.3 Å². The number of rotatable bonds is 5. The van der Waals surface area contributed by atoms with Gasteiger partial charge in [0.25, 0.3) is 0 Å². The van der Waals surface area contributed by atoms with E-state index in [2.05, 4.69) is 6.92 Å². The van der Waals surface area contributed by atoms with Crippen LogP contribution >= 0.6 is 0 Å². The lowest BCUT2D eigenvalue weighted by atomic mass is 9.95. The lowest BCUT2D eigenvalue weighted by molar-refractivity contribution is 0.480. The van der Waals surface area contributed by atoms with Crippen molar-refractivity contribution in [3.8, 4) is 0 Å². The van der Waals surface area contributed by atoms with Gasteiger partial charge in [-0.25, -0.2) is 8.42 Å². The first kappa shape index (κ1) is 14.2. The first-order valence-corrected chi connectivity index (χ1v) is 7.72. The van der Waals surface area contributed by atoms with Gasteiger partial charge in [-0.1, -0.05) is 19.1 Å². The molecule has 1 aromatic rings. The van der Waals surface area contributed by atoms with Crippen LogP contribution in [0.2, 0.25) is 0 Å². The molecule has 0 fully saturated rings. The summed E-state index contributed by atoms with van der Waals surface area (Å²) in [4.78, 5) is 0.376. The van der Waals surface area contributed by atoms with Gasteiger partial charge in [0.15, 0.2) is 9.84 Å². The summed E-state index contributed by atoms with van der Waals surface area (Å²) in [6, 6.07) is 7.31. The fourth-order valence-corrected chi connectivity index (χ4v) is 2.62. The van der Waals surface area contributed by atoms with Crippen molar-refractivity contribution in [3.05, 3.63) is 29.8 Å². The van der Waals surface area contributed by atoms with Gasteiger partial charge in [0.1, 0.15) is 0 Å². The van der Waals surface area contributed by atoms with E-state index in [1.165, 1.54) is 6.26 Å². The predicted octanol–water partition coefficient (Wildman–Crippen LogP) is 2.01. The molecule has 0 aliphatic carbocycles. The van der Waals surface area contributed by atoms with Crippen LogP contribution in [0.25, 0.3) is 0 Å². The van der Waals surface area contributed by atoms with Crippen molar-refractivity contribution in [1.29, 1.82) is 0 Å². The Morgan fingerprint density at radius 3 is 2.12 bits per heavy atom. The fraction of sp³-hybridized carbons (Fsp3) is 0.538. The van der Waals surface area contributed by atoms with Gasteiger partial charge in [-0.2, -0.15) is 0 Å². The van der Waals surface area contributed by atoms with E-state index >= 15 is 0 Å². The molecule has 0 aliphatic rings. The molecule has 0 bridgehead atoms. The SMILES string of the molecule is CC(N)CC(C)Cc1ccc(S(C)(=O)=O)cc1. The Morgan fingerprint density at radius 2 is 1.71 bits per heavy atom. The van der Waals surface area contributed by atoms with Gasteiger partial charge in [0.05, 0.1) is 4.90 Å². The summed E-state index contributed by atoms with van der Waals surface area (Å²) in [5.74, 6) is 0.513. The maximum absolute atomic E-state index is 11.3. The van der Waals surface area contributed by atoms with E-state index in [0.717, 1.165) is 18.4 Å². The second kappa shape index (κ2) is 5.65. The van der Waals surface area contributed by atoms with Crippen LogP contribution in [0.5, 0.6) is 0 Å². The Morgan fingerprint density at radius 1 is 1.18 bits per heavy atom. The minimum Gasteiger partial charge on any atom is -0.328 e. The third-order valence-electron chi connectivity index (χ3n) is 2.71. The Hall–Kier alpha value is -0.870. The van der Waals surface area contributed by atoms with Crippen molar-refractivity contribution in [2.24, 2.45) is 11.7 Å². The highest BCUT2D eigenvalue weighted by molar-refractivity contribution is 7.90. The van der Waals surface area contributed by atoms with Gasteiger partial charge in [0, 0.05) is 12.3 Å². The molecule has 17 heavy (non-hydrogen) atoms. The Kier molecular flexibility index (Phi) is 4.71. The van der Waals surface area contributed by atoms with Crippen LogP contribution in [0.4, 0.5) is 0 Å². The maximum Gasteiger partial charge on any atom is 0.175 e. The topological polar surface area (TPSA) is 60.2 Å². The average molecular weight is 255 g/mol. The Labute approximate surface area is 104 Å². The number of benzene rings is 1. The zero-order valence-corrected chi connectivity index (χ0v) is 11.5. The van der Waals surface area contributed by atoms with E-state index in [0.29, 0.717) is 10.8 Å². The lowest BCUT2D eigenvalue weighted by Gasteiger charge is -2.14. The van der Waals surface area contributed by atoms with E-state index in [9.17, 15) is 8.42 Å². The van der Waals surface area contributed by atoms with Crippen LogP contribution < -0.4 is 5.73 Å². The molecular weight excluding hydrogens is 234 g/mol. The largest absolute Gasteiger partial charge is 0.328 e. The summed E-state index contributed by atoms with van der Waals surface area (Å²) in [6.45, 7) is 4.16. The molecule has 2 unspecified atom stereocenters. The zero-order valence-electron chi connectivity index (χ0n) is 10.7. The molecule has 0 spiro atoms. The number of hydrogen-bond donors (Lipinski definition) is 1. The third-order valence-corrected chi connectivity index (χ3v) is 3.84. The highest BCUT2D eigenvalue weighted by Gasteiger charge is 2.09. The summed E-state index contributed by atoms with van der Waals surface area (Å²) in [7, 11) is -3.09. The molecule has 0 aliphatic heterocycles. The summed E-state index contributed by atoms with van der Waals surface area (Å²) in [5, 5.41) is 0. The van der Waals surface area contributed by atoms with E-state index in [1.54, 1.807) is 12.1 Å². The van der Waals surface area contributed by atoms with Crippen LogP contribution in [0.15, 0.2) is 29.2 Å². The van der Waals surface area contributed by atoms with E-state index < -0.39 is 9.84 Å². The molecule has 0 saturated carbocycles. The van der Waals surface area contributed by atoms with Gasteiger partial charge >= 0.3 is 0 Å². The van der Waals surface area contributed by atoms with Gasteiger partial charge in [-0.05, 0) is 43.4 Å². The number of hydrogen-bond acceptors (Lipinski definition) is 3. The molecular formula is C13H21NO2S. The van der Waals surface area contributed by atoms with E-state index in [1.807, 2.05) is 19.1 Å². The molecule has 1 rings (SSSR count). The first-order chi connectivity index (χ1) is 7.79. The molecule has 0 heterocycles. The average Bonchev–Trinajstić information content (AvgIpc) is 2.15. The molecule has 4 heteroatoms. The van der Waals surface area contributed by atoms with Crippen molar-refractivity contribution in [2.45, 2.75) is 37.6 Å². The lowest BCUT2D eigenvalue weighted by Crippen LogP contribution is -2.19. The van der Waals surface area contributed by atoms with Gasteiger partial charge in [0.2, 0.25) is 0 Å². The van der Waals surface area contributed by atoms with E-state index in [4.69, 9.17) is 5.73 Å². The number of nitrogens with two attached hydrogens (primary N) is 1. The normalized spacial score (nSPS) is 15.5. The molecule has 2 N–H and O–H groups in total. The van der Waals surface area contributed by atoms with E-state index in [-0.39, 0.29) is 6.04 Å². The monoisotopic (exact) mass is 255 g/mol. The molecule has 1 aromatic carbocycles. The van der Waals surface area contributed by atoms with Crippen molar-refractivity contribution in [1.82, 2.24) is 0 Å². The highest BCUT2D eigenvalue weighted by Crippen LogP contribution is 2.16.